The Labute approximate surface area is 189 Å². The number of methoxy groups -OCH3 is 1. The first-order valence-electron chi connectivity index (χ1n) is 10.3. The van der Waals surface area contributed by atoms with Crippen molar-refractivity contribution in [2.45, 2.75) is 19.8 Å². The molecule has 1 heterocycles. The van der Waals surface area contributed by atoms with Gasteiger partial charge in [0.25, 0.3) is 5.91 Å². The molecule has 3 aromatic carbocycles. The Hall–Kier alpha value is -4.00. The maximum Gasteiger partial charge on any atom is 0.311 e. The van der Waals surface area contributed by atoms with E-state index in [4.69, 9.17) is 9.47 Å². The van der Waals surface area contributed by atoms with E-state index in [-0.39, 0.29) is 40.1 Å². The fourth-order valence-corrected chi connectivity index (χ4v) is 3.73. The van der Waals surface area contributed by atoms with E-state index in [2.05, 4.69) is 0 Å². The molecular weight excluding hydrogens is 428 g/mol. The van der Waals surface area contributed by atoms with Crippen molar-refractivity contribution in [3.63, 3.8) is 0 Å². The highest BCUT2D eigenvalue weighted by atomic mass is 19.1. The number of aromatic nitrogens is 1. The Morgan fingerprint density at radius 2 is 1.64 bits per heavy atom. The molecule has 0 fully saturated rings. The zero-order valence-electron chi connectivity index (χ0n) is 18.1. The summed E-state index contributed by atoms with van der Waals surface area (Å²) in [6.07, 6.45) is 0.533. The topological polar surface area (TPSA) is 57.5 Å². The van der Waals surface area contributed by atoms with Crippen LogP contribution in [0.2, 0.25) is 0 Å². The fourth-order valence-electron chi connectivity index (χ4n) is 3.73. The van der Waals surface area contributed by atoms with Gasteiger partial charge in [-0.05, 0) is 55.3 Å². The van der Waals surface area contributed by atoms with Gasteiger partial charge in [0, 0.05) is 12.0 Å². The first-order valence-corrected chi connectivity index (χ1v) is 10.3. The third-order valence-electron chi connectivity index (χ3n) is 5.41. The van der Waals surface area contributed by atoms with Gasteiger partial charge in [-0.25, -0.2) is 8.78 Å². The van der Waals surface area contributed by atoms with Crippen LogP contribution in [-0.4, -0.2) is 23.6 Å². The van der Waals surface area contributed by atoms with Gasteiger partial charge in [-0.1, -0.05) is 30.3 Å². The van der Waals surface area contributed by atoms with Crippen LogP contribution in [0.15, 0.2) is 66.7 Å². The summed E-state index contributed by atoms with van der Waals surface area (Å²) in [6.45, 7) is 1.56. The van der Waals surface area contributed by atoms with Crippen molar-refractivity contribution in [2.75, 3.05) is 7.11 Å². The molecule has 0 atom stereocenters. The third kappa shape index (κ3) is 4.35. The quantitative estimate of drug-likeness (QED) is 0.367. The van der Waals surface area contributed by atoms with E-state index in [1.54, 1.807) is 6.92 Å². The molecule has 0 aliphatic carbocycles. The average Bonchev–Trinajstić information content (AvgIpc) is 3.10. The first kappa shape index (κ1) is 22.2. The van der Waals surface area contributed by atoms with Crippen LogP contribution in [0.5, 0.6) is 11.5 Å². The smallest absolute Gasteiger partial charge is 0.311 e. The van der Waals surface area contributed by atoms with Gasteiger partial charge < -0.3 is 9.47 Å². The standard InChI is InChI=1S/C26H21F2NO4/c1-16-25(33-22(30)15-8-17-6-4-3-5-7-17)23-20(13-14-21(32-2)24(23)28)29(16)26(31)18-9-11-19(27)12-10-18/h3-7,9-14H,8,15H2,1-2H3. The Balaban J connectivity index is 1.75. The number of benzene rings is 3. The lowest BCUT2D eigenvalue weighted by molar-refractivity contribution is -0.134. The van der Waals surface area contributed by atoms with Crippen LogP contribution in [0, 0.1) is 18.6 Å². The van der Waals surface area contributed by atoms with Crippen LogP contribution in [0.4, 0.5) is 8.78 Å². The number of hydrogen-bond acceptors (Lipinski definition) is 4. The van der Waals surface area contributed by atoms with E-state index >= 15 is 4.39 Å². The van der Waals surface area contributed by atoms with Crippen molar-refractivity contribution >= 4 is 22.8 Å². The van der Waals surface area contributed by atoms with Crippen LogP contribution in [-0.2, 0) is 11.2 Å². The molecule has 0 unspecified atom stereocenters. The number of carbonyl (C=O) groups excluding carboxylic acids is 2. The Morgan fingerprint density at radius 3 is 2.30 bits per heavy atom. The predicted molar refractivity (Wildman–Crippen MR) is 120 cm³/mol. The summed E-state index contributed by atoms with van der Waals surface area (Å²) in [6, 6.07) is 17.4. The molecule has 7 heteroatoms. The van der Waals surface area contributed by atoms with Crippen molar-refractivity contribution in [1.29, 1.82) is 0 Å². The highest BCUT2D eigenvalue weighted by Gasteiger charge is 2.26. The van der Waals surface area contributed by atoms with Crippen molar-refractivity contribution in [3.8, 4) is 11.5 Å². The van der Waals surface area contributed by atoms with Crippen LogP contribution >= 0.6 is 0 Å². The van der Waals surface area contributed by atoms with E-state index in [9.17, 15) is 14.0 Å². The monoisotopic (exact) mass is 449 g/mol. The molecule has 4 aromatic rings. The molecular formula is C26H21F2NO4. The molecule has 0 bridgehead atoms. The zero-order valence-corrected chi connectivity index (χ0v) is 18.1. The number of hydrogen-bond donors (Lipinski definition) is 0. The maximum atomic E-state index is 15.3. The van der Waals surface area contributed by atoms with Gasteiger partial charge in [0.15, 0.2) is 17.3 Å². The highest BCUT2D eigenvalue weighted by molar-refractivity contribution is 6.06. The predicted octanol–water partition coefficient (Wildman–Crippen LogP) is 5.46. The molecule has 0 aliphatic rings. The molecule has 5 nitrogen and oxygen atoms in total. The summed E-state index contributed by atoms with van der Waals surface area (Å²) < 4.78 is 40.5. The van der Waals surface area contributed by atoms with Gasteiger partial charge in [0.05, 0.1) is 23.7 Å². The molecule has 33 heavy (non-hydrogen) atoms. The van der Waals surface area contributed by atoms with E-state index in [0.717, 1.165) is 5.56 Å². The van der Waals surface area contributed by atoms with Crippen molar-refractivity contribution in [1.82, 2.24) is 4.57 Å². The molecule has 0 radical (unpaired) electrons. The Morgan fingerprint density at radius 1 is 0.939 bits per heavy atom. The number of nitrogens with zero attached hydrogens (tertiary/aromatic N) is 1. The van der Waals surface area contributed by atoms with Crippen LogP contribution in [0.3, 0.4) is 0 Å². The number of esters is 1. The number of rotatable bonds is 6. The molecule has 0 saturated heterocycles. The second-order valence-electron chi connectivity index (χ2n) is 7.50. The molecule has 0 amide bonds. The normalized spacial score (nSPS) is 10.9. The van der Waals surface area contributed by atoms with Gasteiger partial charge in [-0.15, -0.1) is 0 Å². The summed E-state index contributed by atoms with van der Waals surface area (Å²) in [5, 5.41) is -0.0321. The SMILES string of the molecule is COc1ccc2c(c1F)c(OC(=O)CCc1ccccc1)c(C)n2C(=O)c1ccc(F)cc1. The fraction of sp³-hybridized carbons (Fsp3) is 0.154. The lowest BCUT2D eigenvalue weighted by Gasteiger charge is -2.08. The second-order valence-corrected chi connectivity index (χ2v) is 7.50. The Bertz CT molecular complexity index is 1330. The average molecular weight is 449 g/mol. The maximum absolute atomic E-state index is 15.3. The van der Waals surface area contributed by atoms with Gasteiger partial charge in [0.1, 0.15) is 5.82 Å². The van der Waals surface area contributed by atoms with Crippen molar-refractivity contribution < 1.29 is 27.8 Å². The number of carbonyl (C=O) groups is 2. The summed E-state index contributed by atoms with van der Waals surface area (Å²) in [7, 11) is 1.32. The van der Waals surface area contributed by atoms with Crippen molar-refractivity contribution in [3.05, 3.63) is 95.2 Å². The molecule has 168 valence electrons. The Kier molecular flexibility index (Phi) is 6.22. The lowest BCUT2D eigenvalue weighted by atomic mass is 10.1. The molecule has 0 saturated carbocycles. The summed E-state index contributed by atoms with van der Waals surface area (Å²) in [5.41, 5.74) is 1.63. The van der Waals surface area contributed by atoms with E-state index in [1.165, 1.54) is 48.1 Å². The number of aryl methyl sites for hydroxylation is 1. The van der Waals surface area contributed by atoms with Crippen LogP contribution < -0.4 is 9.47 Å². The molecule has 4 rings (SSSR count). The summed E-state index contributed by atoms with van der Waals surface area (Å²) in [5.74, 6) is -2.38. The van der Waals surface area contributed by atoms with E-state index in [0.29, 0.717) is 6.42 Å². The summed E-state index contributed by atoms with van der Waals surface area (Å²) >= 11 is 0. The van der Waals surface area contributed by atoms with E-state index in [1.807, 2.05) is 30.3 Å². The molecule has 0 N–H and O–H groups in total. The second kappa shape index (κ2) is 9.24. The van der Waals surface area contributed by atoms with Crippen LogP contribution in [0.1, 0.15) is 28.0 Å². The minimum atomic E-state index is -0.741. The van der Waals surface area contributed by atoms with Crippen LogP contribution in [0.25, 0.3) is 10.9 Å². The number of fused-ring (bicyclic) bond motifs is 1. The molecule has 1 aromatic heterocycles. The number of halogens is 2. The van der Waals surface area contributed by atoms with Crippen molar-refractivity contribution in [2.24, 2.45) is 0 Å². The zero-order chi connectivity index (χ0) is 23.5. The van der Waals surface area contributed by atoms with Gasteiger partial charge in [-0.2, -0.15) is 0 Å². The first-order chi connectivity index (χ1) is 15.9. The van der Waals surface area contributed by atoms with E-state index < -0.39 is 23.5 Å². The molecule has 0 spiro atoms. The third-order valence-corrected chi connectivity index (χ3v) is 5.41. The van der Waals surface area contributed by atoms with Gasteiger partial charge >= 0.3 is 5.97 Å². The number of ether oxygens (including phenoxy) is 2. The lowest BCUT2D eigenvalue weighted by Crippen LogP contribution is -2.14. The molecule has 0 aliphatic heterocycles. The summed E-state index contributed by atoms with van der Waals surface area (Å²) in [4.78, 5) is 25.8. The minimum absolute atomic E-state index is 0.0321. The van der Waals surface area contributed by atoms with Gasteiger partial charge in [0.2, 0.25) is 0 Å². The largest absolute Gasteiger partial charge is 0.494 e. The highest BCUT2D eigenvalue weighted by Crippen LogP contribution is 2.39. The minimum Gasteiger partial charge on any atom is -0.494 e. The van der Waals surface area contributed by atoms with Gasteiger partial charge in [-0.3, -0.25) is 14.2 Å².